The molecule has 2 rings (SSSR count). The lowest BCUT2D eigenvalue weighted by molar-refractivity contribution is -0.173. The minimum atomic E-state index is -4.36. The van der Waals surface area contributed by atoms with Crippen LogP contribution in [0.2, 0.25) is 0 Å². The number of unbranched alkanes of at least 4 members (excludes halogenated alkanes) is 1. The molecule has 0 bridgehead atoms. The lowest BCUT2D eigenvalue weighted by Crippen LogP contribution is -2.29. The number of allylic oxidation sites excluding steroid dienone is 2. The van der Waals surface area contributed by atoms with E-state index in [0.717, 1.165) is 43.8 Å². The number of imidazole rings is 1. The summed E-state index contributed by atoms with van der Waals surface area (Å²) in [7, 11) is 0. The van der Waals surface area contributed by atoms with Crippen LogP contribution in [0.3, 0.4) is 0 Å². The van der Waals surface area contributed by atoms with Gasteiger partial charge in [0.05, 0.1) is 16.6 Å². The van der Waals surface area contributed by atoms with Gasteiger partial charge < -0.3 is 0 Å². The zero-order chi connectivity index (χ0) is 29.1. The molecule has 0 fully saturated rings. The highest BCUT2D eigenvalue weighted by Crippen LogP contribution is 2.28. The fourth-order valence-electron chi connectivity index (χ4n) is 3.37. The molecule has 38 heavy (non-hydrogen) atoms. The SMILES string of the molecule is CCC/C=c1/c(=C\C=C(/C)C(F)(F)F)nc(C)n1-c1ccc(CF)cc1.CCCC(=O)CC(C)C(F)(F)F. The van der Waals surface area contributed by atoms with Crippen molar-refractivity contribution in [1.82, 2.24) is 9.55 Å². The molecule has 1 aromatic carbocycles. The van der Waals surface area contributed by atoms with Crippen molar-refractivity contribution in [2.24, 2.45) is 5.92 Å². The number of rotatable bonds is 9. The first-order valence-corrected chi connectivity index (χ1v) is 12.4. The van der Waals surface area contributed by atoms with Crippen molar-refractivity contribution in [1.29, 1.82) is 0 Å². The van der Waals surface area contributed by atoms with Gasteiger partial charge in [-0.05, 0) is 50.5 Å². The van der Waals surface area contributed by atoms with E-state index in [1.165, 1.54) is 6.08 Å². The van der Waals surface area contributed by atoms with Crippen molar-refractivity contribution in [3.05, 3.63) is 58.0 Å². The summed E-state index contributed by atoms with van der Waals surface area (Å²) in [5.74, 6) is -1.15. The van der Waals surface area contributed by atoms with Crippen LogP contribution < -0.4 is 10.7 Å². The average Bonchev–Trinajstić information content (AvgIpc) is 3.15. The number of hydrogen-bond donors (Lipinski definition) is 0. The maximum absolute atomic E-state index is 12.7. The molecule has 1 aromatic heterocycles. The molecule has 3 nitrogen and oxygen atoms in total. The summed E-state index contributed by atoms with van der Waals surface area (Å²) in [6.45, 7) is 7.12. The van der Waals surface area contributed by atoms with E-state index in [0.29, 0.717) is 23.2 Å². The van der Waals surface area contributed by atoms with Crippen LogP contribution >= 0.6 is 0 Å². The predicted octanol–water partition coefficient (Wildman–Crippen LogP) is 7.46. The van der Waals surface area contributed by atoms with Gasteiger partial charge in [0.25, 0.3) is 0 Å². The van der Waals surface area contributed by atoms with Gasteiger partial charge >= 0.3 is 12.4 Å². The molecule has 0 amide bonds. The molecule has 0 spiro atoms. The average molecular weight is 549 g/mol. The summed E-state index contributed by atoms with van der Waals surface area (Å²) < 4.78 is 88.5. The smallest absolute Gasteiger partial charge is 0.300 e. The van der Waals surface area contributed by atoms with Crippen molar-refractivity contribution < 1.29 is 35.5 Å². The number of halogens is 7. The summed E-state index contributed by atoms with van der Waals surface area (Å²) >= 11 is 0. The van der Waals surface area contributed by atoms with Gasteiger partial charge in [-0.2, -0.15) is 26.3 Å². The van der Waals surface area contributed by atoms with Gasteiger partial charge in [0, 0.05) is 24.1 Å². The fourth-order valence-corrected chi connectivity index (χ4v) is 3.37. The highest BCUT2D eigenvalue weighted by molar-refractivity contribution is 5.78. The fraction of sp³-hybridized carbons (Fsp3) is 0.500. The molecule has 0 radical (unpaired) electrons. The molecule has 1 heterocycles. The number of carbonyl (C=O) groups is 1. The number of aromatic nitrogens is 2. The monoisotopic (exact) mass is 548 g/mol. The Hall–Kier alpha value is -2.91. The van der Waals surface area contributed by atoms with Crippen LogP contribution in [-0.4, -0.2) is 27.7 Å². The first-order chi connectivity index (χ1) is 17.6. The molecule has 212 valence electrons. The summed E-state index contributed by atoms with van der Waals surface area (Å²) in [5.41, 5.74) is 0.685. The van der Waals surface area contributed by atoms with Crippen LogP contribution in [0, 0.1) is 12.8 Å². The van der Waals surface area contributed by atoms with Gasteiger partial charge in [-0.15, -0.1) is 0 Å². The lowest BCUT2D eigenvalue weighted by atomic mass is 10.0. The Labute approximate surface area is 218 Å². The minimum Gasteiger partial charge on any atom is -0.300 e. The summed E-state index contributed by atoms with van der Waals surface area (Å²) in [6.07, 6.45) is -2.02. The number of nitrogens with zero attached hydrogens (tertiary/aromatic N) is 2. The zero-order valence-electron chi connectivity index (χ0n) is 22.3. The van der Waals surface area contributed by atoms with Crippen LogP contribution in [0.15, 0.2) is 35.9 Å². The Morgan fingerprint density at radius 2 is 1.66 bits per heavy atom. The molecule has 10 heteroatoms. The van der Waals surface area contributed by atoms with Gasteiger partial charge in [-0.3, -0.25) is 9.36 Å². The van der Waals surface area contributed by atoms with Gasteiger partial charge in [0.15, 0.2) is 0 Å². The topological polar surface area (TPSA) is 34.9 Å². The van der Waals surface area contributed by atoms with Gasteiger partial charge in [0.2, 0.25) is 0 Å². The Morgan fingerprint density at radius 1 is 1.05 bits per heavy atom. The number of aryl methyl sites for hydroxylation is 1. The lowest BCUT2D eigenvalue weighted by Gasteiger charge is -2.13. The molecule has 0 aliphatic heterocycles. The maximum Gasteiger partial charge on any atom is 0.412 e. The quantitative estimate of drug-likeness (QED) is 0.305. The van der Waals surface area contributed by atoms with Crippen LogP contribution in [-0.2, 0) is 11.5 Å². The van der Waals surface area contributed by atoms with Crippen molar-refractivity contribution in [2.45, 2.75) is 85.7 Å². The maximum atomic E-state index is 12.7. The number of Topliss-reactive ketones (excluding diaryl/α,β-unsaturated/α-hetero) is 1. The largest absolute Gasteiger partial charge is 0.412 e. The summed E-state index contributed by atoms with van der Waals surface area (Å²) in [4.78, 5) is 15.2. The van der Waals surface area contributed by atoms with E-state index in [2.05, 4.69) is 4.98 Å². The van der Waals surface area contributed by atoms with Crippen molar-refractivity contribution >= 4 is 17.9 Å². The second-order valence-corrected chi connectivity index (χ2v) is 9.01. The molecule has 0 aliphatic carbocycles. The van der Waals surface area contributed by atoms with E-state index in [1.54, 1.807) is 38.1 Å². The number of alkyl halides is 7. The van der Waals surface area contributed by atoms with E-state index in [-0.39, 0.29) is 18.6 Å². The van der Waals surface area contributed by atoms with Crippen molar-refractivity contribution in [3.8, 4) is 5.69 Å². The van der Waals surface area contributed by atoms with Crippen molar-refractivity contribution in [3.63, 3.8) is 0 Å². The van der Waals surface area contributed by atoms with Crippen LogP contribution in [0.5, 0.6) is 0 Å². The number of ketones is 1. The van der Waals surface area contributed by atoms with E-state index in [9.17, 15) is 35.5 Å². The van der Waals surface area contributed by atoms with E-state index in [4.69, 9.17) is 0 Å². The Morgan fingerprint density at radius 3 is 2.13 bits per heavy atom. The Balaban J connectivity index is 0.000000508. The second-order valence-electron chi connectivity index (χ2n) is 9.01. The van der Waals surface area contributed by atoms with Crippen LogP contribution in [0.4, 0.5) is 30.7 Å². The first kappa shape index (κ1) is 33.1. The van der Waals surface area contributed by atoms with Gasteiger partial charge in [0.1, 0.15) is 18.3 Å². The van der Waals surface area contributed by atoms with Gasteiger partial charge in [-0.25, -0.2) is 9.37 Å². The van der Waals surface area contributed by atoms with E-state index >= 15 is 0 Å². The molecule has 1 unspecified atom stereocenters. The van der Waals surface area contributed by atoms with Crippen molar-refractivity contribution in [2.75, 3.05) is 0 Å². The molecular weight excluding hydrogens is 513 g/mol. The molecule has 0 N–H and O–H groups in total. The van der Waals surface area contributed by atoms with Crippen LogP contribution in [0.25, 0.3) is 17.8 Å². The third kappa shape index (κ3) is 10.5. The second kappa shape index (κ2) is 14.9. The Kier molecular flexibility index (Phi) is 13.0. The predicted molar refractivity (Wildman–Crippen MR) is 136 cm³/mol. The first-order valence-electron chi connectivity index (χ1n) is 12.4. The highest BCUT2D eigenvalue weighted by Gasteiger charge is 2.36. The van der Waals surface area contributed by atoms with E-state index in [1.807, 2.05) is 17.6 Å². The molecule has 0 saturated carbocycles. The standard InChI is InChI=1S/C20H22F4N2.C8H13F3O/c1-4-5-6-19-18(12-7-14(2)20(22,23)24)25-15(3)26(19)17-10-8-16(13-21)9-11-17;1-3-4-7(12)5-6(2)8(9,10)11/h6-12H,4-5,13H2,1-3H3;6H,3-5H2,1-2H3/b14-7+,18-12+,19-6-;. The molecule has 2 aromatic rings. The zero-order valence-corrected chi connectivity index (χ0v) is 22.3. The highest BCUT2D eigenvalue weighted by atomic mass is 19.4. The molecule has 0 aliphatic rings. The van der Waals surface area contributed by atoms with Crippen LogP contribution in [0.1, 0.15) is 71.2 Å². The van der Waals surface area contributed by atoms with E-state index < -0.39 is 30.5 Å². The third-order valence-corrected chi connectivity index (χ3v) is 5.64. The minimum absolute atomic E-state index is 0.250. The number of benzene rings is 1. The number of hydrogen-bond acceptors (Lipinski definition) is 2. The third-order valence-electron chi connectivity index (χ3n) is 5.64. The normalized spacial score (nSPS) is 14.4. The summed E-state index contributed by atoms with van der Waals surface area (Å²) in [5, 5.41) is 1.22. The number of carbonyl (C=O) groups excluding carboxylic acids is 1. The Bertz CT molecular complexity index is 1170. The molecule has 0 saturated heterocycles. The molecule has 1 atom stereocenters. The molecular formula is C28H35F7N2O. The summed E-state index contributed by atoms with van der Waals surface area (Å²) in [6, 6.07) is 6.95. The van der Waals surface area contributed by atoms with Gasteiger partial charge in [-0.1, -0.05) is 51.5 Å².